The summed E-state index contributed by atoms with van der Waals surface area (Å²) >= 11 is 7.02. The highest BCUT2D eigenvalue weighted by Crippen LogP contribution is 2.37. The number of halogens is 2. The van der Waals surface area contributed by atoms with Gasteiger partial charge in [-0.2, -0.15) is 10.2 Å². The molecular formula is C34H36Br2N4O2Si. The normalized spacial score (nSPS) is 12.0. The van der Waals surface area contributed by atoms with Crippen LogP contribution in [0.3, 0.4) is 0 Å². The SMILES string of the molecule is CC(C)(C)[Si](C)(C)OCc1cccc(-n2ncc3ccc(Br)cc32)c1.OCc1cccc(-n2ncc3ccc(Br)cc32)c1. The molecule has 9 heteroatoms. The van der Waals surface area contributed by atoms with Gasteiger partial charge < -0.3 is 9.53 Å². The van der Waals surface area contributed by atoms with Gasteiger partial charge in [-0.15, -0.1) is 0 Å². The third kappa shape index (κ3) is 7.19. The first-order chi connectivity index (χ1) is 20.4. The van der Waals surface area contributed by atoms with Crippen LogP contribution in [0.1, 0.15) is 31.9 Å². The summed E-state index contributed by atoms with van der Waals surface area (Å²) in [6.07, 6.45) is 3.74. The van der Waals surface area contributed by atoms with Gasteiger partial charge in [0.1, 0.15) is 0 Å². The average Bonchev–Trinajstić information content (AvgIpc) is 3.60. The van der Waals surface area contributed by atoms with Crippen molar-refractivity contribution < 1.29 is 9.53 Å². The molecule has 2 aromatic heterocycles. The first kappa shape index (κ1) is 31.3. The van der Waals surface area contributed by atoms with Gasteiger partial charge in [0.05, 0.1) is 48.0 Å². The van der Waals surface area contributed by atoms with Crippen molar-refractivity contribution in [1.29, 1.82) is 0 Å². The second kappa shape index (κ2) is 12.9. The maximum atomic E-state index is 9.18. The minimum Gasteiger partial charge on any atom is -0.413 e. The summed E-state index contributed by atoms with van der Waals surface area (Å²) in [7, 11) is -1.75. The van der Waals surface area contributed by atoms with Crippen LogP contribution in [0.4, 0.5) is 0 Å². The summed E-state index contributed by atoms with van der Waals surface area (Å²) < 4.78 is 12.3. The number of benzene rings is 4. The molecule has 0 fully saturated rings. The van der Waals surface area contributed by atoms with Crippen LogP contribution in [0.25, 0.3) is 33.2 Å². The Balaban J connectivity index is 0.000000180. The Morgan fingerprint density at radius 2 is 1.21 bits per heavy atom. The lowest BCUT2D eigenvalue weighted by atomic mass is 10.2. The second-order valence-electron chi connectivity index (χ2n) is 12.1. The number of aliphatic hydroxyl groups excluding tert-OH is 1. The van der Waals surface area contributed by atoms with Gasteiger partial charge in [-0.3, -0.25) is 0 Å². The topological polar surface area (TPSA) is 65.1 Å². The van der Waals surface area contributed by atoms with E-state index < -0.39 is 8.32 Å². The molecule has 0 radical (unpaired) electrons. The van der Waals surface area contributed by atoms with Crippen LogP contribution in [-0.4, -0.2) is 33.0 Å². The highest BCUT2D eigenvalue weighted by Gasteiger charge is 2.37. The van der Waals surface area contributed by atoms with Gasteiger partial charge in [0.25, 0.3) is 0 Å². The van der Waals surface area contributed by atoms with Crippen LogP contribution in [0, 0.1) is 0 Å². The van der Waals surface area contributed by atoms with Crippen molar-refractivity contribution in [1.82, 2.24) is 19.6 Å². The summed E-state index contributed by atoms with van der Waals surface area (Å²) in [5, 5.41) is 20.6. The highest BCUT2D eigenvalue weighted by atomic mass is 79.9. The first-order valence-electron chi connectivity index (χ1n) is 14.2. The lowest BCUT2D eigenvalue weighted by molar-refractivity contribution is 0.276. The zero-order chi connectivity index (χ0) is 30.8. The van der Waals surface area contributed by atoms with Gasteiger partial charge in [0, 0.05) is 19.7 Å². The fourth-order valence-corrected chi connectivity index (χ4v) is 6.10. The van der Waals surface area contributed by atoms with Crippen LogP contribution in [0.15, 0.2) is 106 Å². The van der Waals surface area contributed by atoms with Crippen molar-refractivity contribution in [2.45, 2.75) is 52.1 Å². The molecule has 222 valence electrons. The Kier molecular flexibility index (Phi) is 9.39. The maximum Gasteiger partial charge on any atom is 0.192 e. The van der Waals surface area contributed by atoms with E-state index in [9.17, 15) is 5.11 Å². The monoisotopic (exact) mass is 718 g/mol. The van der Waals surface area contributed by atoms with E-state index in [-0.39, 0.29) is 11.6 Å². The summed E-state index contributed by atoms with van der Waals surface area (Å²) in [6.45, 7) is 12.1. The fourth-order valence-electron chi connectivity index (χ4n) is 4.44. The molecule has 2 heterocycles. The fraction of sp³-hybridized carbons (Fsp3) is 0.235. The number of rotatable bonds is 6. The average molecular weight is 721 g/mol. The molecule has 0 aliphatic heterocycles. The first-order valence-corrected chi connectivity index (χ1v) is 18.6. The predicted octanol–water partition coefficient (Wildman–Crippen LogP) is 9.59. The number of nitrogens with zero attached hydrogens (tertiary/aromatic N) is 4. The lowest BCUT2D eigenvalue weighted by Crippen LogP contribution is -2.40. The summed E-state index contributed by atoms with van der Waals surface area (Å²) in [6, 6.07) is 28.5. The summed E-state index contributed by atoms with van der Waals surface area (Å²) in [5.41, 5.74) is 6.21. The van der Waals surface area contributed by atoms with Gasteiger partial charge in [-0.1, -0.05) is 89.0 Å². The Labute approximate surface area is 270 Å². The van der Waals surface area contributed by atoms with Gasteiger partial charge in [0.2, 0.25) is 0 Å². The molecule has 43 heavy (non-hydrogen) atoms. The third-order valence-corrected chi connectivity index (χ3v) is 13.4. The van der Waals surface area contributed by atoms with Crippen molar-refractivity contribution in [3.63, 3.8) is 0 Å². The Morgan fingerprint density at radius 3 is 1.70 bits per heavy atom. The molecule has 0 saturated carbocycles. The Morgan fingerprint density at radius 1 is 0.721 bits per heavy atom. The smallest absolute Gasteiger partial charge is 0.192 e. The third-order valence-electron chi connectivity index (χ3n) is 7.96. The van der Waals surface area contributed by atoms with Gasteiger partial charge in [-0.25, -0.2) is 9.36 Å². The number of hydrogen-bond acceptors (Lipinski definition) is 4. The molecule has 6 nitrogen and oxygen atoms in total. The summed E-state index contributed by atoms with van der Waals surface area (Å²) in [4.78, 5) is 0. The molecule has 0 unspecified atom stereocenters. The van der Waals surface area contributed by atoms with E-state index >= 15 is 0 Å². The standard InChI is InChI=1S/C20H25BrN2OSi.C14H11BrN2O/c1-20(2,3)25(4,5)24-14-15-7-6-8-18(11-15)23-19-12-17(21)10-9-16(19)13-22-23;15-12-5-4-11-8-16-17(14(11)7-12)13-3-1-2-10(6-13)9-18/h6-13H,14H2,1-5H3;1-8,18H,9H2. The van der Waals surface area contributed by atoms with E-state index in [1.807, 2.05) is 70.3 Å². The quantitative estimate of drug-likeness (QED) is 0.174. The predicted molar refractivity (Wildman–Crippen MR) is 185 cm³/mol. The molecule has 0 aliphatic carbocycles. The van der Waals surface area contributed by atoms with E-state index in [2.05, 4.69) is 112 Å². The van der Waals surface area contributed by atoms with Gasteiger partial charge >= 0.3 is 0 Å². The molecule has 0 spiro atoms. The molecule has 0 saturated heterocycles. The molecule has 1 N–H and O–H groups in total. The lowest BCUT2D eigenvalue weighted by Gasteiger charge is -2.36. The summed E-state index contributed by atoms with van der Waals surface area (Å²) in [5.74, 6) is 0. The minimum atomic E-state index is -1.75. The molecule has 6 rings (SSSR count). The molecule has 0 atom stereocenters. The van der Waals surface area contributed by atoms with E-state index in [0.717, 1.165) is 47.7 Å². The molecule has 6 aromatic rings. The maximum absolute atomic E-state index is 9.18. The van der Waals surface area contributed by atoms with Crippen LogP contribution < -0.4 is 0 Å². The number of aliphatic hydroxyl groups is 1. The number of aromatic nitrogens is 4. The van der Waals surface area contributed by atoms with Crippen LogP contribution >= 0.6 is 31.9 Å². The Bertz CT molecular complexity index is 1870. The van der Waals surface area contributed by atoms with Gasteiger partial charge in [-0.05, 0) is 77.8 Å². The van der Waals surface area contributed by atoms with Gasteiger partial charge in [0.15, 0.2) is 8.32 Å². The largest absolute Gasteiger partial charge is 0.413 e. The van der Waals surface area contributed by atoms with E-state index in [4.69, 9.17) is 4.43 Å². The molecule has 0 amide bonds. The van der Waals surface area contributed by atoms with Crippen LogP contribution in [0.5, 0.6) is 0 Å². The molecule has 0 bridgehead atoms. The number of fused-ring (bicyclic) bond motifs is 2. The van der Waals surface area contributed by atoms with E-state index in [1.54, 1.807) is 0 Å². The highest BCUT2D eigenvalue weighted by molar-refractivity contribution is 9.10. The zero-order valence-electron chi connectivity index (χ0n) is 25.1. The van der Waals surface area contributed by atoms with Crippen molar-refractivity contribution >= 4 is 62.0 Å². The Hall–Kier alpha value is -3.08. The molecular weight excluding hydrogens is 684 g/mol. The molecule has 0 aliphatic rings. The van der Waals surface area contributed by atoms with Crippen molar-refractivity contribution in [3.05, 3.63) is 117 Å². The van der Waals surface area contributed by atoms with Crippen LogP contribution in [-0.2, 0) is 17.6 Å². The van der Waals surface area contributed by atoms with Crippen LogP contribution in [0.2, 0.25) is 18.1 Å². The second-order valence-corrected chi connectivity index (χ2v) is 18.7. The number of hydrogen-bond donors (Lipinski definition) is 1. The minimum absolute atomic E-state index is 0.0384. The van der Waals surface area contributed by atoms with E-state index in [1.165, 1.54) is 5.56 Å². The van der Waals surface area contributed by atoms with Crippen molar-refractivity contribution in [3.8, 4) is 11.4 Å². The van der Waals surface area contributed by atoms with E-state index in [0.29, 0.717) is 6.61 Å². The van der Waals surface area contributed by atoms with Crippen molar-refractivity contribution in [2.75, 3.05) is 0 Å². The zero-order valence-corrected chi connectivity index (χ0v) is 29.2. The van der Waals surface area contributed by atoms with Crippen molar-refractivity contribution in [2.24, 2.45) is 0 Å². The molecule has 4 aromatic carbocycles.